The van der Waals surface area contributed by atoms with E-state index in [0.29, 0.717) is 6.54 Å². The molecule has 4 heteroatoms. The standard InChI is InChI=1S/C12H17BrN2O/c1-8-6-10(13)4-5-11(8)12(16)15-7-9(2)14-3/h4-6,9,14H,7H2,1-3H3,(H,15,16). The monoisotopic (exact) mass is 284 g/mol. The lowest BCUT2D eigenvalue weighted by Gasteiger charge is -2.12. The predicted molar refractivity (Wildman–Crippen MR) is 69.7 cm³/mol. The number of amides is 1. The number of hydrogen-bond acceptors (Lipinski definition) is 2. The molecule has 0 bridgehead atoms. The molecule has 1 unspecified atom stereocenters. The quantitative estimate of drug-likeness (QED) is 0.889. The van der Waals surface area contributed by atoms with Crippen LogP contribution in [0.1, 0.15) is 22.8 Å². The fourth-order valence-electron chi connectivity index (χ4n) is 1.32. The molecule has 1 aromatic rings. The Hall–Kier alpha value is -0.870. The summed E-state index contributed by atoms with van der Waals surface area (Å²) in [5, 5.41) is 5.97. The van der Waals surface area contributed by atoms with E-state index in [1.54, 1.807) is 0 Å². The van der Waals surface area contributed by atoms with Crippen LogP contribution in [-0.2, 0) is 0 Å². The van der Waals surface area contributed by atoms with Crippen molar-refractivity contribution in [2.75, 3.05) is 13.6 Å². The first-order chi connectivity index (χ1) is 7.54. The van der Waals surface area contributed by atoms with E-state index in [0.717, 1.165) is 15.6 Å². The van der Waals surface area contributed by atoms with Gasteiger partial charge in [-0.05, 0) is 44.7 Å². The largest absolute Gasteiger partial charge is 0.350 e. The van der Waals surface area contributed by atoms with Gasteiger partial charge in [0.1, 0.15) is 0 Å². The number of likely N-dealkylation sites (N-methyl/N-ethyl adjacent to an activating group) is 1. The Balaban J connectivity index is 2.66. The van der Waals surface area contributed by atoms with Crippen molar-refractivity contribution in [3.8, 4) is 0 Å². The van der Waals surface area contributed by atoms with Gasteiger partial charge in [0.05, 0.1) is 0 Å². The van der Waals surface area contributed by atoms with E-state index in [4.69, 9.17) is 0 Å². The molecule has 0 spiro atoms. The molecule has 0 fully saturated rings. The molecule has 0 aliphatic heterocycles. The van der Waals surface area contributed by atoms with Gasteiger partial charge in [-0.25, -0.2) is 0 Å². The third-order valence-corrected chi connectivity index (χ3v) is 2.99. The molecule has 0 heterocycles. The van der Waals surface area contributed by atoms with E-state index < -0.39 is 0 Å². The normalized spacial score (nSPS) is 12.2. The van der Waals surface area contributed by atoms with Gasteiger partial charge in [-0.2, -0.15) is 0 Å². The molecule has 0 saturated heterocycles. The van der Waals surface area contributed by atoms with E-state index in [-0.39, 0.29) is 11.9 Å². The van der Waals surface area contributed by atoms with Crippen molar-refractivity contribution in [3.63, 3.8) is 0 Å². The summed E-state index contributed by atoms with van der Waals surface area (Å²) in [6.07, 6.45) is 0. The Morgan fingerprint density at radius 3 is 2.75 bits per heavy atom. The number of nitrogens with one attached hydrogen (secondary N) is 2. The Labute approximate surface area is 105 Å². The SMILES string of the molecule is CNC(C)CNC(=O)c1ccc(Br)cc1C. The highest BCUT2D eigenvalue weighted by atomic mass is 79.9. The van der Waals surface area contributed by atoms with Crippen LogP contribution in [0.2, 0.25) is 0 Å². The van der Waals surface area contributed by atoms with Gasteiger partial charge >= 0.3 is 0 Å². The van der Waals surface area contributed by atoms with Crippen LogP contribution in [0.3, 0.4) is 0 Å². The van der Waals surface area contributed by atoms with Crippen molar-refractivity contribution in [1.82, 2.24) is 10.6 Å². The number of rotatable bonds is 4. The van der Waals surface area contributed by atoms with Crippen molar-refractivity contribution >= 4 is 21.8 Å². The zero-order chi connectivity index (χ0) is 12.1. The Morgan fingerprint density at radius 2 is 2.19 bits per heavy atom. The lowest BCUT2D eigenvalue weighted by molar-refractivity contribution is 0.0950. The van der Waals surface area contributed by atoms with Crippen LogP contribution in [0.5, 0.6) is 0 Å². The predicted octanol–water partition coefficient (Wildman–Crippen LogP) is 2.10. The summed E-state index contributed by atoms with van der Waals surface area (Å²) in [6, 6.07) is 5.93. The maximum absolute atomic E-state index is 11.8. The number of halogens is 1. The van der Waals surface area contributed by atoms with E-state index in [2.05, 4.69) is 26.6 Å². The van der Waals surface area contributed by atoms with Crippen molar-refractivity contribution < 1.29 is 4.79 Å². The van der Waals surface area contributed by atoms with Gasteiger partial charge in [0.2, 0.25) is 0 Å². The molecule has 16 heavy (non-hydrogen) atoms. The Bertz CT molecular complexity index is 379. The number of carbonyl (C=O) groups excluding carboxylic acids is 1. The molecule has 1 amide bonds. The Morgan fingerprint density at radius 1 is 1.50 bits per heavy atom. The van der Waals surface area contributed by atoms with E-state index >= 15 is 0 Å². The van der Waals surface area contributed by atoms with Crippen LogP contribution >= 0.6 is 15.9 Å². The maximum atomic E-state index is 11.8. The van der Waals surface area contributed by atoms with Gasteiger partial charge in [0, 0.05) is 22.6 Å². The number of benzene rings is 1. The van der Waals surface area contributed by atoms with Gasteiger partial charge in [-0.3, -0.25) is 4.79 Å². The van der Waals surface area contributed by atoms with Gasteiger partial charge in [0.15, 0.2) is 0 Å². The van der Waals surface area contributed by atoms with Crippen molar-refractivity contribution in [2.24, 2.45) is 0 Å². The first-order valence-corrected chi connectivity index (χ1v) is 6.05. The second kappa shape index (κ2) is 6.01. The zero-order valence-electron chi connectivity index (χ0n) is 9.80. The smallest absolute Gasteiger partial charge is 0.251 e. The van der Waals surface area contributed by atoms with Crippen molar-refractivity contribution in [1.29, 1.82) is 0 Å². The summed E-state index contributed by atoms with van der Waals surface area (Å²) >= 11 is 3.38. The topological polar surface area (TPSA) is 41.1 Å². The minimum absolute atomic E-state index is 0.0212. The molecule has 0 aliphatic rings. The first kappa shape index (κ1) is 13.2. The minimum Gasteiger partial charge on any atom is -0.350 e. The second-order valence-electron chi connectivity index (χ2n) is 3.86. The van der Waals surface area contributed by atoms with Crippen LogP contribution in [-0.4, -0.2) is 25.5 Å². The number of aryl methyl sites for hydroxylation is 1. The fourth-order valence-corrected chi connectivity index (χ4v) is 1.80. The van der Waals surface area contributed by atoms with Crippen LogP contribution in [0.4, 0.5) is 0 Å². The molecule has 0 radical (unpaired) electrons. The lowest BCUT2D eigenvalue weighted by atomic mass is 10.1. The number of hydrogen-bond donors (Lipinski definition) is 2. The summed E-state index contributed by atoms with van der Waals surface area (Å²) < 4.78 is 0.991. The molecule has 0 aliphatic carbocycles. The first-order valence-electron chi connectivity index (χ1n) is 5.26. The summed E-state index contributed by atoms with van der Waals surface area (Å²) in [6.45, 7) is 4.58. The lowest BCUT2D eigenvalue weighted by Crippen LogP contribution is -2.37. The third-order valence-electron chi connectivity index (χ3n) is 2.49. The summed E-state index contributed by atoms with van der Waals surface area (Å²) in [5.74, 6) is -0.0212. The minimum atomic E-state index is -0.0212. The van der Waals surface area contributed by atoms with Gasteiger partial charge in [0.25, 0.3) is 5.91 Å². The number of carbonyl (C=O) groups is 1. The van der Waals surface area contributed by atoms with Crippen LogP contribution in [0.25, 0.3) is 0 Å². The molecular weight excluding hydrogens is 268 g/mol. The van der Waals surface area contributed by atoms with Gasteiger partial charge < -0.3 is 10.6 Å². The molecule has 1 atom stereocenters. The van der Waals surface area contributed by atoms with Crippen molar-refractivity contribution in [3.05, 3.63) is 33.8 Å². The average molecular weight is 285 g/mol. The zero-order valence-corrected chi connectivity index (χ0v) is 11.4. The molecule has 0 aromatic heterocycles. The fraction of sp³-hybridized carbons (Fsp3) is 0.417. The van der Waals surface area contributed by atoms with E-state index in [9.17, 15) is 4.79 Å². The highest BCUT2D eigenvalue weighted by molar-refractivity contribution is 9.10. The van der Waals surface area contributed by atoms with Gasteiger partial charge in [-0.15, -0.1) is 0 Å². The van der Waals surface area contributed by atoms with Gasteiger partial charge in [-0.1, -0.05) is 15.9 Å². The molecule has 1 aromatic carbocycles. The molecule has 0 saturated carbocycles. The molecular formula is C12H17BrN2O. The summed E-state index contributed by atoms with van der Waals surface area (Å²) in [7, 11) is 1.88. The van der Waals surface area contributed by atoms with E-state index in [1.165, 1.54) is 0 Å². The Kier molecular flexibility index (Phi) is 4.96. The molecule has 3 nitrogen and oxygen atoms in total. The molecule has 88 valence electrons. The molecule has 2 N–H and O–H groups in total. The van der Waals surface area contributed by atoms with Crippen LogP contribution < -0.4 is 10.6 Å². The highest BCUT2D eigenvalue weighted by Crippen LogP contribution is 2.15. The highest BCUT2D eigenvalue weighted by Gasteiger charge is 2.09. The average Bonchev–Trinajstić information content (AvgIpc) is 2.25. The van der Waals surface area contributed by atoms with Crippen molar-refractivity contribution in [2.45, 2.75) is 19.9 Å². The molecule has 1 rings (SSSR count). The van der Waals surface area contributed by atoms with E-state index in [1.807, 2.05) is 39.1 Å². The second-order valence-corrected chi connectivity index (χ2v) is 4.77. The van der Waals surface area contributed by atoms with Crippen LogP contribution in [0.15, 0.2) is 22.7 Å². The maximum Gasteiger partial charge on any atom is 0.251 e. The summed E-state index contributed by atoms with van der Waals surface area (Å²) in [4.78, 5) is 11.8. The summed E-state index contributed by atoms with van der Waals surface area (Å²) in [5.41, 5.74) is 1.70. The van der Waals surface area contributed by atoms with Crippen LogP contribution in [0, 0.1) is 6.92 Å². The third kappa shape index (κ3) is 3.61.